The van der Waals surface area contributed by atoms with Crippen LogP contribution >= 0.6 is 0 Å². The summed E-state index contributed by atoms with van der Waals surface area (Å²) >= 11 is 0. The lowest BCUT2D eigenvalue weighted by molar-refractivity contribution is 0.214. The first-order chi connectivity index (χ1) is 9.63. The van der Waals surface area contributed by atoms with Gasteiger partial charge in [0, 0.05) is 11.5 Å². The second-order valence-corrected chi connectivity index (χ2v) is 4.53. The maximum absolute atomic E-state index is 13.2. The fraction of sp³-hybridized carbons (Fsp3) is 0.0625. The summed E-state index contributed by atoms with van der Waals surface area (Å²) < 4.78 is 26.4. The van der Waals surface area contributed by atoms with E-state index in [0.717, 1.165) is 29.1 Å². The minimum absolute atomic E-state index is 0.144. The minimum atomic E-state index is -1.16. The first-order valence-electron chi connectivity index (χ1n) is 6.13. The molecule has 3 aromatic rings. The molecule has 0 bridgehead atoms. The smallest absolute Gasteiger partial charge is 0.126 e. The van der Waals surface area contributed by atoms with Gasteiger partial charge in [-0.1, -0.05) is 24.3 Å². The minimum Gasteiger partial charge on any atom is -0.382 e. The average Bonchev–Trinajstić information content (AvgIpc) is 2.45. The number of fused-ring (bicyclic) bond motifs is 1. The van der Waals surface area contributed by atoms with Gasteiger partial charge in [-0.2, -0.15) is 0 Å². The Hall–Kier alpha value is -2.33. The van der Waals surface area contributed by atoms with Crippen molar-refractivity contribution in [1.29, 1.82) is 0 Å². The normalized spacial score (nSPS) is 12.6. The van der Waals surface area contributed by atoms with Crippen LogP contribution in [0.5, 0.6) is 0 Å². The first kappa shape index (κ1) is 12.7. The number of hydrogen-bond donors (Lipinski definition) is 1. The van der Waals surface area contributed by atoms with Crippen molar-refractivity contribution >= 4 is 10.9 Å². The Bertz CT molecular complexity index is 753. The largest absolute Gasteiger partial charge is 0.382 e. The van der Waals surface area contributed by atoms with Crippen LogP contribution in [0.1, 0.15) is 17.4 Å². The molecule has 2 aromatic carbocycles. The Morgan fingerprint density at radius 2 is 1.60 bits per heavy atom. The quantitative estimate of drug-likeness (QED) is 0.772. The molecule has 3 rings (SSSR count). The van der Waals surface area contributed by atoms with E-state index in [1.807, 2.05) is 30.3 Å². The molecular formula is C16H11F2NO. The second kappa shape index (κ2) is 4.98. The molecule has 1 heterocycles. The van der Waals surface area contributed by atoms with Gasteiger partial charge in [0.15, 0.2) is 0 Å². The Morgan fingerprint density at radius 3 is 2.35 bits per heavy atom. The molecule has 0 spiro atoms. The topological polar surface area (TPSA) is 33.1 Å². The van der Waals surface area contributed by atoms with Crippen LogP contribution < -0.4 is 0 Å². The lowest BCUT2D eigenvalue weighted by Crippen LogP contribution is -2.03. The Balaban J connectivity index is 2.05. The number of aromatic nitrogens is 1. The molecule has 0 aliphatic carbocycles. The van der Waals surface area contributed by atoms with E-state index >= 15 is 0 Å². The molecule has 1 N–H and O–H groups in total. The van der Waals surface area contributed by atoms with Crippen molar-refractivity contribution in [2.24, 2.45) is 0 Å². The van der Waals surface area contributed by atoms with Gasteiger partial charge < -0.3 is 5.11 Å². The van der Waals surface area contributed by atoms with Gasteiger partial charge in [-0.25, -0.2) is 13.8 Å². The van der Waals surface area contributed by atoms with Crippen molar-refractivity contribution in [3.8, 4) is 0 Å². The van der Waals surface area contributed by atoms with E-state index in [2.05, 4.69) is 4.98 Å². The molecule has 1 atom stereocenters. The zero-order valence-corrected chi connectivity index (χ0v) is 10.4. The van der Waals surface area contributed by atoms with Crippen molar-refractivity contribution in [3.63, 3.8) is 0 Å². The number of rotatable bonds is 2. The number of benzene rings is 2. The van der Waals surface area contributed by atoms with Crippen LogP contribution in [0.4, 0.5) is 8.78 Å². The number of hydrogen-bond acceptors (Lipinski definition) is 2. The predicted octanol–water partition coefficient (Wildman–Crippen LogP) is 3.59. The Labute approximate surface area is 114 Å². The molecular weight excluding hydrogens is 260 g/mol. The van der Waals surface area contributed by atoms with Crippen molar-refractivity contribution in [1.82, 2.24) is 4.98 Å². The molecule has 1 aromatic heterocycles. The number of para-hydroxylation sites is 1. The lowest BCUT2D eigenvalue weighted by atomic mass is 10.0. The molecule has 0 aliphatic rings. The van der Waals surface area contributed by atoms with Crippen LogP contribution in [-0.4, -0.2) is 10.1 Å². The summed E-state index contributed by atoms with van der Waals surface area (Å²) in [5.41, 5.74) is 1.22. The maximum Gasteiger partial charge on any atom is 0.126 e. The molecule has 0 amide bonds. The van der Waals surface area contributed by atoms with Crippen molar-refractivity contribution < 1.29 is 13.9 Å². The average molecular weight is 271 g/mol. The van der Waals surface area contributed by atoms with Gasteiger partial charge in [0.05, 0.1) is 11.2 Å². The van der Waals surface area contributed by atoms with Gasteiger partial charge in [-0.15, -0.1) is 0 Å². The van der Waals surface area contributed by atoms with Crippen molar-refractivity contribution in [2.45, 2.75) is 6.10 Å². The fourth-order valence-corrected chi connectivity index (χ4v) is 2.14. The number of halogens is 2. The number of aliphatic hydroxyl groups is 1. The summed E-state index contributed by atoms with van der Waals surface area (Å²) in [5.74, 6) is -1.44. The SMILES string of the molecule is OC(c1cc(F)cc(F)c1)c1ccc2ccccc2n1. The molecule has 0 aliphatic heterocycles. The van der Waals surface area contributed by atoms with Crippen molar-refractivity contribution in [3.05, 3.63) is 77.5 Å². The summed E-state index contributed by atoms with van der Waals surface area (Å²) in [6, 6.07) is 13.9. The Kier molecular flexibility index (Phi) is 3.16. The highest BCUT2D eigenvalue weighted by Crippen LogP contribution is 2.24. The van der Waals surface area contributed by atoms with Crippen LogP contribution in [0.3, 0.4) is 0 Å². The van der Waals surface area contributed by atoms with Crippen LogP contribution in [-0.2, 0) is 0 Å². The highest BCUT2D eigenvalue weighted by molar-refractivity contribution is 5.78. The third-order valence-electron chi connectivity index (χ3n) is 3.10. The predicted molar refractivity (Wildman–Crippen MR) is 72.2 cm³/mol. The lowest BCUT2D eigenvalue weighted by Gasteiger charge is -2.11. The van der Waals surface area contributed by atoms with Gasteiger partial charge in [-0.3, -0.25) is 0 Å². The van der Waals surface area contributed by atoms with E-state index in [9.17, 15) is 13.9 Å². The summed E-state index contributed by atoms with van der Waals surface area (Å²) in [4.78, 5) is 4.32. The highest BCUT2D eigenvalue weighted by atomic mass is 19.1. The first-order valence-corrected chi connectivity index (χ1v) is 6.13. The number of nitrogens with zero attached hydrogens (tertiary/aromatic N) is 1. The Morgan fingerprint density at radius 1 is 0.900 bits per heavy atom. The van der Waals surface area contributed by atoms with E-state index in [0.29, 0.717) is 5.69 Å². The summed E-state index contributed by atoms with van der Waals surface area (Å²) in [6.45, 7) is 0. The summed E-state index contributed by atoms with van der Waals surface area (Å²) in [7, 11) is 0. The van der Waals surface area contributed by atoms with Gasteiger partial charge in [0.25, 0.3) is 0 Å². The standard InChI is InChI=1S/C16H11F2NO/c17-12-7-11(8-13(18)9-12)16(20)15-6-5-10-3-1-2-4-14(10)19-15/h1-9,16,20H. The van der Waals surface area contributed by atoms with Crippen LogP contribution in [0.15, 0.2) is 54.6 Å². The zero-order valence-electron chi connectivity index (χ0n) is 10.4. The van der Waals surface area contributed by atoms with Crippen LogP contribution in [0.25, 0.3) is 10.9 Å². The van der Waals surface area contributed by atoms with Crippen LogP contribution in [0, 0.1) is 11.6 Å². The van der Waals surface area contributed by atoms with Crippen LogP contribution in [0.2, 0.25) is 0 Å². The van der Waals surface area contributed by atoms with E-state index in [-0.39, 0.29) is 5.56 Å². The molecule has 4 heteroatoms. The van der Waals surface area contributed by atoms with E-state index in [1.165, 1.54) is 0 Å². The molecule has 0 radical (unpaired) electrons. The van der Waals surface area contributed by atoms with Gasteiger partial charge in [-0.05, 0) is 29.8 Å². The maximum atomic E-state index is 13.2. The molecule has 0 saturated carbocycles. The highest BCUT2D eigenvalue weighted by Gasteiger charge is 2.14. The summed E-state index contributed by atoms with van der Waals surface area (Å²) in [6.07, 6.45) is -1.16. The van der Waals surface area contributed by atoms with E-state index in [4.69, 9.17) is 0 Å². The molecule has 0 saturated heterocycles. The molecule has 1 unspecified atom stereocenters. The fourth-order valence-electron chi connectivity index (χ4n) is 2.14. The third-order valence-corrected chi connectivity index (χ3v) is 3.10. The van der Waals surface area contributed by atoms with Gasteiger partial charge >= 0.3 is 0 Å². The summed E-state index contributed by atoms with van der Waals surface area (Å²) in [5, 5.41) is 11.1. The van der Waals surface area contributed by atoms with Crippen molar-refractivity contribution in [2.75, 3.05) is 0 Å². The zero-order chi connectivity index (χ0) is 14.1. The monoisotopic (exact) mass is 271 g/mol. The second-order valence-electron chi connectivity index (χ2n) is 4.53. The molecule has 0 fully saturated rings. The van der Waals surface area contributed by atoms with E-state index < -0.39 is 17.7 Å². The molecule has 2 nitrogen and oxygen atoms in total. The van der Waals surface area contributed by atoms with Gasteiger partial charge in [0.2, 0.25) is 0 Å². The molecule has 100 valence electrons. The van der Waals surface area contributed by atoms with E-state index in [1.54, 1.807) is 6.07 Å². The van der Waals surface area contributed by atoms with Gasteiger partial charge in [0.1, 0.15) is 17.7 Å². The number of pyridine rings is 1. The number of aliphatic hydroxyl groups excluding tert-OH is 1. The third kappa shape index (κ3) is 2.38. The molecule has 20 heavy (non-hydrogen) atoms.